The summed E-state index contributed by atoms with van der Waals surface area (Å²) in [6, 6.07) is 7.50. The third-order valence-electron chi connectivity index (χ3n) is 5.17. The summed E-state index contributed by atoms with van der Waals surface area (Å²) in [5, 5.41) is 0. The fraction of sp³-hybridized carbons (Fsp3) is 0.600. The molecule has 2 saturated heterocycles. The van der Waals surface area contributed by atoms with Crippen molar-refractivity contribution in [3.63, 3.8) is 0 Å². The van der Waals surface area contributed by atoms with E-state index in [-0.39, 0.29) is 11.8 Å². The standard InChI is InChI=1S/C20H28N2O3/c1-16(23)22-12-6-7-17(14-22)15-25-19-9-5-8-18(13-19)20(24)21-10-3-2-4-11-21/h5,8-9,13,17H,2-4,6-7,10-12,14-15H2,1H3. The van der Waals surface area contributed by atoms with E-state index in [9.17, 15) is 9.59 Å². The minimum atomic E-state index is 0.102. The first kappa shape index (κ1) is 17.8. The monoisotopic (exact) mass is 344 g/mol. The lowest BCUT2D eigenvalue weighted by Gasteiger charge is -2.32. The summed E-state index contributed by atoms with van der Waals surface area (Å²) in [5.74, 6) is 1.34. The molecule has 5 nitrogen and oxygen atoms in total. The third kappa shape index (κ3) is 4.74. The second-order valence-electron chi connectivity index (χ2n) is 7.16. The van der Waals surface area contributed by atoms with E-state index in [1.807, 2.05) is 34.1 Å². The number of likely N-dealkylation sites (tertiary alicyclic amines) is 2. The van der Waals surface area contributed by atoms with Crippen molar-refractivity contribution in [3.05, 3.63) is 29.8 Å². The largest absolute Gasteiger partial charge is 0.493 e. The Bertz CT molecular complexity index is 611. The van der Waals surface area contributed by atoms with Crippen molar-refractivity contribution in [1.29, 1.82) is 0 Å². The maximum absolute atomic E-state index is 12.6. The lowest BCUT2D eigenvalue weighted by Crippen LogP contribution is -2.40. The highest BCUT2D eigenvalue weighted by molar-refractivity contribution is 5.94. The predicted molar refractivity (Wildman–Crippen MR) is 96.7 cm³/mol. The van der Waals surface area contributed by atoms with Gasteiger partial charge in [-0.1, -0.05) is 6.07 Å². The molecule has 1 unspecified atom stereocenters. The number of piperidine rings is 2. The second-order valence-corrected chi connectivity index (χ2v) is 7.16. The van der Waals surface area contributed by atoms with E-state index in [4.69, 9.17) is 4.74 Å². The van der Waals surface area contributed by atoms with Crippen LogP contribution in [0.15, 0.2) is 24.3 Å². The van der Waals surface area contributed by atoms with Crippen LogP contribution in [0.3, 0.4) is 0 Å². The maximum atomic E-state index is 12.6. The number of amides is 2. The van der Waals surface area contributed by atoms with Gasteiger partial charge in [0, 0.05) is 44.6 Å². The van der Waals surface area contributed by atoms with Crippen LogP contribution in [-0.4, -0.2) is 54.4 Å². The Morgan fingerprint density at radius 3 is 2.60 bits per heavy atom. The van der Waals surface area contributed by atoms with Crippen molar-refractivity contribution in [1.82, 2.24) is 9.80 Å². The number of hydrogen-bond acceptors (Lipinski definition) is 3. The topological polar surface area (TPSA) is 49.9 Å². The summed E-state index contributed by atoms with van der Waals surface area (Å²) in [5.41, 5.74) is 0.702. The first-order chi connectivity index (χ1) is 12.1. The minimum absolute atomic E-state index is 0.102. The molecule has 2 aliphatic rings. The molecule has 1 aromatic rings. The number of nitrogens with zero attached hydrogens (tertiary/aromatic N) is 2. The van der Waals surface area contributed by atoms with Gasteiger partial charge in [-0.25, -0.2) is 0 Å². The lowest BCUT2D eigenvalue weighted by atomic mass is 9.99. The van der Waals surface area contributed by atoms with E-state index in [0.717, 1.165) is 57.6 Å². The van der Waals surface area contributed by atoms with Gasteiger partial charge < -0.3 is 14.5 Å². The average molecular weight is 344 g/mol. The highest BCUT2D eigenvalue weighted by atomic mass is 16.5. The number of carbonyl (C=O) groups is 2. The van der Waals surface area contributed by atoms with Crippen LogP contribution in [0.1, 0.15) is 49.4 Å². The summed E-state index contributed by atoms with van der Waals surface area (Å²) < 4.78 is 5.94. The summed E-state index contributed by atoms with van der Waals surface area (Å²) in [7, 11) is 0. The molecule has 3 rings (SSSR count). The van der Waals surface area contributed by atoms with Gasteiger partial charge in [-0.2, -0.15) is 0 Å². The molecule has 0 saturated carbocycles. The van der Waals surface area contributed by atoms with Crippen molar-refractivity contribution in [2.24, 2.45) is 5.92 Å². The Balaban J connectivity index is 1.56. The van der Waals surface area contributed by atoms with E-state index >= 15 is 0 Å². The van der Waals surface area contributed by atoms with Crippen LogP contribution in [0.4, 0.5) is 0 Å². The molecular formula is C20H28N2O3. The van der Waals surface area contributed by atoms with Gasteiger partial charge in [-0.05, 0) is 50.3 Å². The highest BCUT2D eigenvalue weighted by Gasteiger charge is 2.22. The van der Waals surface area contributed by atoms with E-state index in [1.54, 1.807) is 6.92 Å². The van der Waals surface area contributed by atoms with Crippen LogP contribution >= 0.6 is 0 Å². The van der Waals surface area contributed by atoms with Gasteiger partial charge in [0.2, 0.25) is 5.91 Å². The SMILES string of the molecule is CC(=O)N1CCCC(COc2cccc(C(=O)N3CCCCC3)c2)C1. The van der Waals surface area contributed by atoms with Crippen LogP contribution in [0.5, 0.6) is 5.75 Å². The van der Waals surface area contributed by atoms with Crippen molar-refractivity contribution >= 4 is 11.8 Å². The van der Waals surface area contributed by atoms with Gasteiger partial charge in [-0.15, -0.1) is 0 Å². The summed E-state index contributed by atoms with van der Waals surface area (Å²) in [4.78, 5) is 28.0. The molecule has 0 radical (unpaired) electrons. The molecular weight excluding hydrogens is 316 g/mol. The summed E-state index contributed by atoms with van der Waals surface area (Å²) in [6.45, 7) is 5.54. The molecule has 0 aliphatic carbocycles. The van der Waals surface area contributed by atoms with E-state index in [0.29, 0.717) is 18.1 Å². The van der Waals surface area contributed by atoms with Crippen LogP contribution in [0.25, 0.3) is 0 Å². The molecule has 5 heteroatoms. The molecule has 1 atom stereocenters. The number of hydrogen-bond donors (Lipinski definition) is 0. The van der Waals surface area contributed by atoms with E-state index < -0.39 is 0 Å². The van der Waals surface area contributed by atoms with Crippen LogP contribution in [0.2, 0.25) is 0 Å². The number of ether oxygens (including phenoxy) is 1. The Morgan fingerprint density at radius 2 is 1.84 bits per heavy atom. The number of carbonyl (C=O) groups excluding carboxylic acids is 2. The van der Waals surface area contributed by atoms with Gasteiger partial charge in [0.05, 0.1) is 6.61 Å². The molecule has 0 spiro atoms. The summed E-state index contributed by atoms with van der Waals surface area (Å²) in [6.07, 6.45) is 5.51. The summed E-state index contributed by atoms with van der Waals surface area (Å²) >= 11 is 0. The van der Waals surface area contributed by atoms with Gasteiger partial charge in [0.1, 0.15) is 5.75 Å². The molecule has 1 aromatic carbocycles. The van der Waals surface area contributed by atoms with Crippen molar-refractivity contribution in [2.45, 2.75) is 39.0 Å². The smallest absolute Gasteiger partial charge is 0.253 e. The Labute approximate surface area is 149 Å². The molecule has 2 heterocycles. The van der Waals surface area contributed by atoms with Crippen molar-refractivity contribution < 1.29 is 14.3 Å². The molecule has 0 bridgehead atoms. The number of benzene rings is 1. The Hall–Kier alpha value is -2.04. The minimum Gasteiger partial charge on any atom is -0.493 e. The molecule has 2 amide bonds. The first-order valence-corrected chi connectivity index (χ1v) is 9.41. The highest BCUT2D eigenvalue weighted by Crippen LogP contribution is 2.21. The zero-order valence-corrected chi connectivity index (χ0v) is 15.1. The van der Waals surface area contributed by atoms with Gasteiger partial charge in [0.25, 0.3) is 5.91 Å². The zero-order valence-electron chi connectivity index (χ0n) is 15.1. The van der Waals surface area contributed by atoms with Crippen LogP contribution in [-0.2, 0) is 4.79 Å². The maximum Gasteiger partial charge on any atom is 0.253 e. The molecule has 2 fully saturated rings. The van der Waals surface area contributed by atoms with Gasteiger partial charge in [-0.3, -0.25) is 9.59 Å². The third-order valence-corrected chi connectivity index (χ3v) is 5.17. The quantitative estimate of drug-likeness (QED) is 0.844. The number of rotatable bonds is 4. The molecule has 25 heavy (non-hydrogen) atoms. The Morgan fingerprint density at radius 1 is 1.08 bits per heavy atom. The van der Waals surface area contributed by atoms with Gasteiger partial charge >= 0.3 is 0 Å². The first-order valence-electron chi connectivity index (χ1n) is 9.41. The Kier molecular flexibility index (Phi) is 5.95. The van der Waals surface area contributed by atoms with Crippen LogP contribution in [0, 0.1) is 5.92 Å². The fourth-order valence-electron chi connectivity index (χ4n) is 3.70. The normalized spacial score (nSPS) is 21.1. The van der Waals surface area contributed by atoms with E-state index in [2.05, 4.69) is 0 Å². The van der Waals surface area contributed by atoms with E-state index in [1.165, 1.54) is 6.42 Å². The molecule has 2 aliphatic heterocycles. The van der Waals surface area contributed by atoms with Crippen molar-refractivity contribution in [2.75, 3.05) is 32.8 Å². The van der Waals surface area contributed by atoms with Crippen molar-refractivity contribution in [3.8, 4) is 5.75 Å². The second kappa shape index (κ2) is 8.37. The van der Waals surface area contributed by atoms with Crippen LogP contribution < -0.4 is 4.74 Å². The fourth-order valence-corrected chi connectivity index (χ4v) is 3.70. The molecule has 136 valence electrons. The lowest BCUT2D eigenvalue weighted by molar-refractivity contribution is -0.130. The molecule has 0 aromatic heterocycles. The van der Waals surface area contributed by atoms with Gasteiger partial charge in [0.15, 0.2) is 0 Å². The zero-order chi connectivity index (χ0) is 17.6. The predicted octanol–water partition coefficient (Wildman–Crippen LogP) is 2.95. The average Bonchev–Trinajstić information content (AvgIpc) is 2.67. The molecule has 0 N–H and O–H groups in total.